The summed E-state index contributed by atoms with van der Waals surface area (Å²) >= 11 is 0. The number of aromatic nitrogens is 1. The summed E-state index contributed by atoms with van der Waals surface area (Å²) in [6.07, 6.45) is 3.71. The highest BCUT2D eigenvalue weighted by Gasteiger charge is 2.15. The third-order valence-corrected chi connectivity index (χ3v) is 4.86. The van der Waals surface area contributed by atoms with Crippen molar-refractivity contribution in [1.82, 2.24) is 10.3 Å². The molecule has 0 radical (unpaired) electrons. The maximum Gasteiger partial charge on any atom is 0.0712 e. The van der Waals surface area contributed by atoms with Crippen molar-refractivity contribution in [2.45, 2.75) is 19.3 Å². The normalized spacial score (nSPS) is 16.9. The molecule has 0 aliphatic carbocycles. The third kappa shape index (κ3) is 3.61. The Morgan fingerprint density at radius 3 is 2.58 bits per heavy atom. The van der Waals surface area contributed by atoms with E-state index in [9.17, 15) is 0 Å². The molecule has 1 fully saturated rings. The lowest BCUT2D eigenvalue weighted by atomic mass is 9.95. The molecule has 4 rings (SSSR count). The van der Waals surface area contributed by atoms with Crippen molar-refractivity contribution in [3.63, 3.8) is 0 Å². The zero-order chi connectivity index (χ0) is 15.5. The molecule has 24 heavy (non-hydrogen) atoms. The van der Waals surface area contributed by atoms with Gasteiger partial charge in [0.1, 0.15) is 0 Å². The molecule has 1 unspecified atom stereocenters. The number of benzene rings is 2. The van der Waals surface area contributed by atoms with E-state index in [2.05, 4.69) is 66.0 Å². The maximum atomic E-state index is 4.87. The van der Waals surface area contributed by atoms with Crippen molar-refractivity contribution in [3.05, 3.63) is 66.2 Å². The summed E-state index contributed by atoms with van der Waals surface area (Å²) in [4.78, 5) is 4.87. The molecule has 1 aliphatic rings. The van der Waals surface area contributed by atoms with E-state index in [0.29, 0.717) is 0 Å². The van der Waals surface area contributed by atoms with Gasteiger partial charge in [0, 0.05) is 10.9 Å². The SMILES string of the molecule is Cl.c1ccc(-c2cc(CCC3CCNC3)c3ccccc3n2)cc1. The number of para-hydroxylation sites is 1. The fraction of sp³-hybridized carbons (Fsp3) is 0.286. The number of hydrogen-bond acceptors (Lipinski definition) is 2. The van der Waals surface area contributed by atoms with Crippen LogP contribution in [0.25, 0.3) is 22.2 Å². The Morgan fingerprint density at radius 1 is 1.00 bits per heavy atom. The van der Waals surface area contributed by atoms with Gasteiger partial charge in [0.05, 0.1) is 11.2 Å². The average molecular weight is 339 g/mol. The van der Waals surface area contributed by atoms with Gasteiger partial charge in [-0.2, -0.15) is 0 Å². The van der Waals surface area contributed by atoms with Crippen LogP contribution in [0.5, 0.6) is 0 Å². The molecule has 3 aromatic rings. The molecule has 1 saturated heterocycles. The van der Waals surface area contributed by atoms with Crippen molar-refractivity contribution >= 4 is 23.3 Å². The molecule has 1 N–H and O–H groups in total. The van der Waals surface area contributed by atoms with Crippen LogP contribution >= 0.6 is 12.4 Å². The van der Waals surface area contributed by atoms with Crippen LogP contribution in [0.3, 0.4) is 0 Å². The van der Waals surface area contributed by atoms with Gasteiger partial charge in [-0.3, -0.25) is 0 Å². The number of hydrogen-bond donors (Lipinski definition) is 1. The van der Waals surface area contributed by atoms with Crippen molar-refractivity contribution in [1.29, 1.82) is 0 Å². The van der Waals surface area contributed by atoms with Crippen molar-refractivity contribution in [3.8, 4) is 11.3 Å². The zero-order valence-electron chi connectivity index (χ0n) is 13.7. The van der Waals surface area contributed by atoms with Gasteiger partial charge >= 0.3 is 0 Å². The van der Waals surface area contributed by atoms with Crippen LogP contribution in [0, 0.1) is 5.92 Å². The van der Waals surface area contributed by atoms with E-state index in [1.54, 1.807) is 0 Å². The smallest absolute Gasteiger partial charge is 0.0712 e. The number of aryl methyl sites for hydroxylation is 1. The number of rotatable bonds is 4. The lowest BCUT2D eigenvalue weighted by molar-refractivity contribution is 0.534. The van der Waals surface area contributed by atoms with Crippen LogP contribution in [0.1, 0.15) is 18.4 Å². The molecule has 0 amide bonds. The summed E-state index contributed by atoms with van der Waals surface area (Å²) in [5, 5.41) is 4.77. The number of halogens is 1. The quantitative estimate of drug-likeness (QED) is 0.734. The highest BCUT2D eigenvalue weighted by atomic mass is 35.5. The Hall–Kier alpha value is -1.90. The van der Waals surface area contributed by atoms with E-state index in [1.165, 1.54) is 42.4 Å². The highest BCUT2D eigenvalue weighted by Crippen LogP contribution is 2.27. The molecular formula is C21H23ClN2. The van der Waals surface area contributed by atoms with Gasteiger partial charge in [-0.1, -0.05) is 48.5 Å². The zero-order valence-corrected chi connectivity index (χ0v) is 14.6. The molecular weight excluding hydrogens is 316 g/mol. The Labute approximate surface area is 149 Å². The molecule has 0 bridgehead atoms. The molecule has 124 valence electrons. The predicted molar refractivity (Wildman–Crippen MR) is 104 cm³/mol. The average Bonchev–Trinajstić information content (AvgIpc) is 3.14. The van der Waals surface area contributed by atoms with Gasteiger partial charge in [-0.25, -0.2) is 4.98 Å². The predicted octanol–water partition coefficient (Wildman–Crippen LogP) is 4.87. The summed E-state index contributed by atoms with van der Waals surface area (Å²) in [6.45, 7) is 2.35. The highest BCUT2D eigenvalue weighted by molar-refractivity contribution is 5.85. The van der Waals surface area contributed by atoms with Crippen molar-refractivity contribution < 1.29 is 0 Å². The van der Waals surface area contributed by atoms with Gasteiger partial charge < -0.3 is 5.32 Å². The largest absolute Gasteiger partial charge is 0.316 e. The fourth-order valence-corrected chi connectivity index (χ4v) is 3.53. The summed E-state index contributed by atoms with van der Waals surface area (Å²) in [5.41, 5.74) is 4.82. The Balaban J connectivity index is 0.00000169. The first-order valence-electron chi connectivity index (χ1n) is 8.55. The van der Waals surface area contributed by atoms with Crippen LogP contribution in [0.2, 0.25) is 0 Å². The number of nitrogens with zero attached hydrogens (tertiary/aromatic N) is 1. The number of fused-ring (bicyclic) bond motifs is 1. The van der Waals surface area contributed by atoms with Crippen molar-refractivity contribution in [2.24, 2.45) is 5.92 Å². The molecule has 2 aromatic carbocycles. The number of pyridine rings is 1. The van der Waals surface area contributed by atoms with Gasteiger partial charge in [0.25, 0.3) is 0 Å². The molecule has 1 aliphatic heterocycles. The van der Waals surface area contributed by atoms with Gasteiger partial charge in [-0.15, -0.1) is 12.4 Å². The van der Waals surface area contributed by atoms with Crippen LogP contribution < -0.4 is 5.32 Å². The summed E-state index contributed by atoms with van der Waals surface area (Å²) < 4.78 is 0. The third-order valence-electron chi connectivity index (χ3n) is 4.86. The minimum atomic E-state index is 0. The Kier molecular flexibility index (Phi) is 5.49. The lowest BCUT2D eigenvalue weighted by Crippen LogP contribution is -2.09. The maximum absolute atomic E-state index is 4.87. The molecule has 0 saturated carbocycles. The molecule has 3 heteroatoms. The van der Waals surface area contributed by atoms with Crippen LogP contribution in [-0.2, 0) is 6.42 Å². The lowest BCUT2D eigenvalue weighted by Gasteiger charge is -2.12. The van der Waals surface area contributed by atoms with Gasteiger partial charge in [0.2, 0.25) is 0 Å². The first-order chi connectivity index (χ1) is 11.4. The molecule has 2 heterocycles. The second-order valence-corrected chi connectivity index (χ2v) is 6.45. The number of nitrogens with one attached hydrogen (secondary N) is 1. The molecule has 0 spiro atoms. The molecule has 1 aromatic heterocycles. The second kappa shape index (κ2) is 7.78. The first-order valence-corrected chi connectivity index (χ1v) is 8.55. The van der Waals surface area contributed by atoms with Crippen molar-refractivity contribution in [2.75, 3.05) is 13.1 Å². The van der Waals surface area contributed by atoms with Crippen LogP contribution in [0.15, 0.2) is 60.7 Å². The summed E-state index contributed by atoms with van der Waals surface area (Å²) in [7, 11) is 0. The van der Waals surface area contributed by atoms with Gasteiger partial charge in [-0.05, 0) is 56.0 Å². The first kappa shape index (κ1) is 16.9. The van der Waals surface area contributed by atoms with E-state index in [4.69, 9.17) is 4.98 Å². The molecule has 2 nitrogen and oxygen atoms in total. The van der Waals surface area contributed by atoms with Crippen LogP contribution in [-0.4, -0.2) is 18.1 Å². The Bertz CT molecular complexity index is 795. The van der Waals surface area contributed by atoms with E-state index in [-0.39, 0.29) is 12.4 Å². The summed E-state index contributed by atoms with van der Waals surface area (Å²) in [6, 6.07) is 21.3. The molecule has 1 atom stereocenters. The fourth-order valence-electron chi connectivity index (χ4n) is 3.53. The summed E-state index contributed by atoms with van der Waals surface area (Å²) in [5.74, 6) is 0.821. The standard InChI is InChI=1S/C21H22N2.ClH/c1-2-6-17(7-3-1)21-14-18(11-10-16-12-13-22-15-16)19-8-4-5-9-20(19)23-21;/h1-9,14,16,22H,10-13,15H2;1H. The minimum Gasteiger partial charge on any atom is -0.316 e. The van der Waals surface area contributed by atoms with Crippen LogP contribution in [0.4, 0.5) is 0 Å². The monoisotopic (exact) mass is 338 g/mol. The van der Waals surface area contributed by atoms with E-state index in [1.807, 2.05) is 0 Å². The Morgan fingerprint density at radius 2 is 1.79 bits per heavy atom. The van der Waals surface area contributed by atoms with E-state index < -0.39 is 0 Å². The van der Waals surface area contributed by atoms with Gasteiger partial charge in [0.15, 0.2) is 0 Å². The van der Waals surface area contributed by atoms with E-state index in [0.717, 1.165) is 23.5 Å². The topological polar surface area (TPSA) is 24.9 Å². The second-order valence-electron chi connectivity index (χ2n) is 6.45. The van der Waals surface area contributed by atoms with E-state index >= 15 is 0 Å². The minimum absolute atomic E-state index is 0.